The first-order valence-corrected chi connectivity index (χ1v) is 8.13. The number of carbonyl (C=O) groups excluding carboxylic acids is 1. The number of nitrogens with one attached hydrogen (secondary N) is 1. The molecule has 0 bridgehead atoms. The lowest BCUT2D eigenvalue weighted by Crippen LogP contribution is -2.14. The first-order valence-electron chi connectivity index (χ1n) is 6.26. The van der Waals surface area contributed by atoms with E-state index in [1.807, 2.05) is 0 Å². The van der Waals surface area contributed by atoms with Gasteiger partial charge in [-0.1, -0.05) is 34.8 Å². The van der Waals surface area contributed by atoms with Crippen molar-refractivity contribution in [1.29, 1.82) is 0 Å². The highest BCUT2D eigenvalue weighted by atomic mass is 35.5. The molecule has 3 rings (SSSR count). The summed E-state index contributed by atoms with van der Waals surface area (Å²) >= 11 is 19.2. The predicted molar refractivity (Wildman–Crippen MR) is 93.4 cm³/mol. The van der Waals surface area contributed by atoms with E-state index in [1.54, 1.807) is 12.1 Å². The second-order valence-corrected chi connectivity index (χ2v) is 6.26. The minimum Gasteiger partial charge on any atom is -0.494 e. The van der Waals surface area contributed by atoms with Crippen molar-refractivity contribution in [3.05, 3.63) is 44.9 Å². The van der Waals surface area contributed by atoms with Crippen molar-refractivity contribution in [3.63, 3.8) is 0 Å². The fraction of sp³-hybridized carbons (Fsp3) is 0.0714. The van der Waals surface area contributed by atoms with Crippen molar-refractivity contribution >= 4 is 69.2 Å². The third kappa shape index (κ3) is 3.07. The van der Waals surface area contributed by atoms with Crippen LogP contribution in [0.5, 0.6) is 5.75 Å². The summed E-state index contributed by atoms with van der Waals surface area (Å²) in [5, 5.41) is 3.63. The van der Waals surface area contributed by atoms with Gasteiger partial charge in [0.05, 0.1) is 40.1 Å². The molecular formula is C14H8Cl3N3O2S. The molecule has 23 heavy (non-hydrogen) atoms. The van der Waals surface area contributed by atoms with Crippen molar-refractivity contribution in [2.75, 3.05) is 12.4 Å². The summed E-state index contributed by atoms with van der Waals surface area (Å²) in [4.78, 5) is 12.6. The lowest BCUT2D eigenvalue weighted by molar-refractivity contribution is 0.102. The summed E-state index contributed by atoms with van der Waals surface area (Å²) in [7, 11) is 1.42. The number of fused-ring (bicyclic) bond motifs is 1. The second kappa shape index (κ2) is 6.49. The molecule has 1 heterocycles. The van der Waals surface area contributed by atoms with Crippen molar-refractivity contribution < 1.29 is 9.53 Å². The Balaban J connectivity index is 2.05. The molecule has 3 aromatic rings. The molecule has 0 aliphatic carbocycles. The third-order valence-corrected chi connectivity index (χ3v) is 4.43. The third-order valence-electron chi connectivity index (χ3n) is 3.07. The maximum absolute atomic E-state index is 12.6. The van der Waals surface area contributed by atoms with Crippen molar-refractivity contribution in [2.24, 2.45) is 0 Å². The predicted octanol–water partition coefficient (Wildman–Crippen LogP) is 4.91. The highest BCUT2D eigenvalue weighted by Crippen LogP contribution is 2.34. The molecule has 1 amide bonds. The van der Waals surface area contributed by atoms with Crippen LogP contribution < -0.4 is 10.1 Å². The van der Waals surface area contributed by atoms with Gasteiger partial charge in [-0.3, -0.25) is 4.79 Å². The lowest BCUT2D eigenvalue weighted by Gasteiger charge is -2.12. The number of methoxy groups -OCH3 is 1. The molecule has 0 fully saturated rings. The van der Waals surface area contributed by atoms with E-state index in [0.717, 1.165) is 11.7 Å². The number of nitrogens with zero attached hydrogens (tertiary/aromatic N) is 2. The van der Waals surface area contributed by atoms with Crippen molar-refractivity contribution in [1.82, 2.24) is 8.75 Å². The summed E-state index contributed by atoms with van der Waals surface area (Å²) in [6.07, 6.45) is 0. The number of carbonyl (C=O) groups is 1. The average Bonchev–Trinajstić information content (AvgIpc) is 2.98. The van der Waals surface area contributed by atoms with E-state index in [-0.39, 0.29) is 16.3 Å². The van der Waals surface area contributed by atoms with Gasteiger partial charge in [0.15, 0.2) is 0 Å². The largest absolute Gasteiger partial charge is 0.494 e. The Bertz CT molecular complexity index is 914. The lowest BCUT2D eigenvalue weighted by atomic mass is 10.1. The van der Waals surface area contributed by atoms with Crippen LogP contribution in [-0.2, 0) is 0 Å². The van der Waals surface area contributed by atoms with E-state index in [9.17, 15) is 4.79 Å². The zero-order valence-corrected chi connectivity index (χ0v) is 14.6. The van der Waals surface area contributed by atoms with Gasteiger partial charge in [-0.15, -0.1) is 0 Å². The number of rotatable bonds is 3. The highest BCUT2D eigenvalue weighted by molar-refractivity contribution is 7.00. The van der Waals surface area contributed by atoms with Gasteiger partial charge >= 0.3 is 0 Å². The number of anilines is 1. The molecular weight excluding hydrogens is 381 g/mol. The molecule has 0 aliphatic rings. The number of hydrogen-bond donors (Lipinski definition) is 1. The number of benzene rings is 2. The molecule has 0 saturated heterocycles. The number of aromatic nitrogens is 2. The standard InChI is InChI=1S/C14H8Cl3N3O2S/c1-22-13-7(4-6(15)5-9(13)17)14(21)18-11-8(16)2-3-10-12(11)20-23-19-10/h2-5H,1H3,(H,18,21). The molecule has 2 aromatic carbocycles. The van der Waals surface area contributed by atoms with Crippen LogP contribution in [0.15, 0.2) is 24.3 Å². The van der Waals surface area contributed by atoms with Gasteiger partial charge in [0.25, 0.3) is 5.91 Å². The summed E-state index contributed by atoms with van der Waals surface area (Å²) in [5.41, 5.74) is 1.73. The van der Waals surface area contributed by atoms with E-state index in [2.05, 4.69) is 14.1 Å². The Morgan fingerprint density at radius 3 is 2.70 bits per heavy atom. The zero-order chi connectivity index (χ0) is 16.6. The topological polar surface area (TPSA) is 64.1 Å². The number of hydrogen-bond acceptors (Lipinski definition) is 5. The van der Waals surface area contributed by atoms with E-state index in [1.165, 1.54) is 19.2 Å². The Kier molecular flexibility index (Phi) is 4.59. The van der Waals surface area contributed by atoms with Gasteiger partial charge < -0.3 is 10.1 Å². The summed E-state index contributed by atoms with van der Waals surface area (Å²) < 4.78 is 13.5. The van der Waals surface area contributed by atoms with Gasteiger partial charge in [-0.05, 0) is 24.3 Å². The first kappa shape index (κ1) is 16.3. The van der Waals surface area contributed by atoms with Crippen LogP contribution in [0.1, 0.15) is 10.4 Å². The van der Waals surface area contributed by atoms with Crippen molar-refractivity contribution in [3.8, 4) is 5.75 Å². The monoisotopic (exact) mass is 387 g/mol. The van der Waals surface area contributed by atoms with Crippen LogP contribution in [0.25, 0.3) is 11.0 Å². The van der Waals surface area contributed by atoms with Crippen LogP contribution in [0.3, 0.4) is 0 Å². The van der Waals surface area contributed by atoms with Crippen molar-refractivity contribution in [2.45, 2.75) is 0 Å². The Morgan fingerprint density at radius 2 is 1.96 bits per heavy atom. The maximum Gasteiger partial charge on any atom is 0.259 e. The normalized spacial score (nSPS) is 10.8. The Morgan fingerprint density at radius 1 is 1.17 bits per heavy atom. The zero-order valence-electron chi connectivity index (χ0n) is 11.6. The summed E-state index contributed by atoms with van der Waals surface area (Å²) in [6.45, 7) is 0. The fourth-order valence-corrected chi connectivity index (χ4v) is 3.38. The molecule has 0 radical (unpaired) electrons. The molecule has 0 saturated carbocycles. The minimum absolute atomic E-state index is 0.196. The van der Waals surface area contributed by atoms with Gasteiger partial charge in [-0.2, -0.15) is 8.75 Å². The molecule has 5 nitrogen and oxygen atoms in total. The fourth-order valence-electron chi connectivity index (χ4n) is 2.06. The van der Waals surface area contributed by atoms with Crippen LogP contribution >= 0.6 is 46.5 Å². The number of amides is 1. The Hall–Kier alpha value is -1.60. The SMILES string of the molecule is COc1c(Cl)cc(Cl)cc1C(=O)Nc1c(Cl)ccc2nsnc12. The molecule has 0 spiro atoms. The molecule has 0 unspecified atom stereocenters. The Labute approximate surface area is 150 Å². The maximum atomic E-state index is 12.6. The smallest absolute Gasteiger partial charge is 0.259 e. The van der Waals surface area contributed by atoms with Gasteiger partial charge in [-0.25, -0.2) is 0 Å². The molecule has 118 valence electrons. The van der Waals surface area contributed by atoms with Gasteiger partial charge in [0.2, 0.25) is 0 Å². The van der Waals surface area contributed by atoms with E-state index in [0.29, 0.717) is 26.8 Å². The summed E-state index contributed by atoms with van der Waals surface area (Å²) in [6, 6.07) is 6.34. The molecule has 1 N–H and O–H groups in total. The number of ether oxygens (including phenoxy) is 1. The van der Waals surface area contributed by atoms with E-state index in [4.69, 9.17) is 39.5 Å². The second-order valence-electron chi connectivity index (χ2n) is 4.48. The van der Waals surface area contributed by atoms with E-state index >= 15 is 0 Å². The van der Waals surface area contributed by atoms with Crippen LogP contribution in [-0.4, -0.2) is 21.8 Å². The van der Waals surface area contributed by atoms with Crippen LogP contribution in [0.2, 0.25) is 15.1 Å². The molecule has 0 aliphatic heterocycles. The molecule has 1 aromatic heterocycles. The molecule has 0 atom stereocenters. The van der Waals surface area contributed by atoms with Crippen LogP contribution in [0, 0.1) is 0 Å². The minimum atomic E-state index is -0.464. The van der Waals surface area contributed by atoms with E-state index < -0.39 is 5.91 Å². The number of halogens is 3. The van der Waals surface area contributed by atoms with Crippen LogP contribution in [0.4, 0.5) is 5.69 Å². The van der Waals surface area contributed by atoms with Gasteiger partial charge in [0, 0.05) is 5.02 Å². The average molecular weight is 389 g/mol. The quantitative estimate of drug-likeness (QED) is 0.692. The van der Waals surface area contributed by atoms with Gasteiger partial charge in [0.1, 0.15) is 16.8 Å². The first-order chi connectivity index (χ1) is 11.0. The highest BCUT2D eigenvalue weighted by Gasteiger charge is 2.19. The molecule has 9 heteroatoms. The summed E-state index contributed by atoms with van der Waals surface area (Å²) in [5.74, 6) is -0.234.